The van der Waals surface area contributed by atoms with Crippen LogP contribution >= 0.6 is 0 Å². The van der Waals surface area contributed by atoms with Crippen LogP contribution in [0.5, 0.6) is 5.75 Å². The van der Waals surface area contributed by atoms with Crippen LogP contribution < -0.4 is 4.74 Å². The van der Waals surface area contributed by atoms with E-state index in [9.17, 15) is 0 Å². The highest BCUT2D eigenvalue weighted by Gasteiger charge is 2.40. The molecule has 0 bridgehead atoms. The topological polar surface area (TPSA) is 12.5 Å². The van der Waals surface area contributed by atoms with Crippen molar-refractivity contribution in [2.75, 3.05) is 7.11 Å². The fourth-order valence-corrected chi connectivity index (χ4v) is 3.38. The summed E-state index contributed by atoms with van der Waals surface area (Å²) in [6.07, 6.45) is 3.90. The fraction of sp³-hybridized carbons (Fsp3) is 0.647. The zero-order valence-corrected chi connectivity index (χ0v) is 13.0. The molecule has 0 aromatic heterocycles. The first-order valence-corrected chi connectivity index (χ1v) is 7.26. The molecule has 1 fully saturated rings. The van der Waals surface area contributed by atoms with Crippen molar-refractivity contribution in [3.05, 3.63) is 29.8 Å². The van der Waals surface area contributed by atoms with E-state index in [1.807, 2.05) is 0 Å². The Morgan fingerprint density at radius 3 is 2.00 bits per heavy atom. The number of ether oxygens (including phenoxy) is 1. The SMILES string of the molecule is COc1ccc(CN2C(C)(C)CCCC2(C)C)cc1. The second kappa shape index (κ2) is 5.16. The molecule has 0 unspecified atom stereocenters. The molecule has 1 saturated heterocycles. The molecule has 1 aliphatic heterocycles. The summed E-state index contributed by atoms with van der Waals surface area (Å²) < 4.78 is 5.23. The maximum atomic E-state index is 5.23. The van der Waals surface area contributed by atoms with Gasteiger partial charge in [-0.3, -0.25) is 4.90 Å². The van der Waals surface area contributed by atoms with E-state index in [4.69, 9.17) is 4.74 Å². The van der Waals surface area contributed by atoms with Crippen LogP contribution in [-0.4, -0.2) is 23.1 Å². The van der Waals surface area contributed by atoms with E-state index in [-0.39, 0.29) is 11.1 Å². The van der Waals surface area contributed by atoms with E-state index in [1.54, 1.807) is 7.11 Å². The lowest BCUT2D eigenvalue weighted by molar-refractivity contribution is -0.0340. The van der Waals surface area contributed by atoms with Gasteiger partial charge in [0.2, 0.25) is 0 Å². The van der Waals surface area contributed by atoms with Crippen LogP contribution in [0.4, 0.5) is 0 Å². The second-order valence-corrected chi connectivity index (χ2v) is 6.91. The van der Waals surface area contributed by atoms with Gasteiger partial charge >= 0.3 is 0 Å². The Hall–Kier alpha value is -1.02. The molecule has 0 N–H and O–H groups in total. The maximum absolute atomic E-state index is 5.23. The first kappa shape index (κ1) is 14.4. The second-order valence-electron chi connectivity index (χ2n) is 6.91. The van der Waals surface area contributed by atoms with Gasteiger partial charge in [-0.1, -0.05) is 12.1 Å². The smallest absolute Gasteiger partial charge is 0.118 e. The van der Waals surface area contributed by atoms with Crippen molar-refractivity contribution in [1.29, 1.82) is 0 Å². The highest BCUT2D eigenvalue weighted by molar-refractivity contribution is 5.27. The molecule has 0 spiro atoms. The largest absolute Gasteiger partial charge is 0.497 e. The molecule has 0 radical (unpaired) electrons. The molecule has 0 amide bonds. The normalized spacial score (nSPS) is 22.2. The number of rotatable bonds is 3. The van der Waals surface area contributed by atoms with Crippen molar-refractivity contribution in [3.8, 4) is 5.75 Å². The minimum absolute atomic E-state index is 0.279. The molecule has 0 atom stereocenters. The predicted octanol–water partition coefficient (Wildman–Crippen LogP) is 4.24. The molecule has 2 nitrogen and oxygen atoms in total. The molecule has 1 aromatic rings. The minimum atomic E-state index is 0.279. The molecule has 1 aliphatic rings. The Morgan fingerprint density at radius 2 is 1.53 bits per heavy atom. The Labute approximate surface area is 117 Å². The quantitative estimate of drug-likeness (QED) is 0.807. The van der Waals surface area contributed by atoms with E-state index in [0.717, 1.165) is 12.3 Å². The summed E-state index contributed by atoms with van der Waals surface area (Å²) in [4.78, 5) is 2.66. The lowest BCUT2D eigenvalue weighted by atomic mass is 9.79. The molecular weight excluding hydrogens is 234 g/mol. The van der Waals surface area contributed by atoms with Gasteiger partial charge in [0.05, 0.1) is 7.11 Å². The van der Waals surface area contributed by atoms with Crippen LogP contribution in [0.2, 0.25) is 0 Å². The van der Waals surface area contributed by atoms with Gasteiger partial charge < -0.3 is 4.74 Å². The van der Waals surface area contributed by atoms with Crippen molar-refractivity contribution >= 4 is 0 Å². The van der Waals surface area contributed by atoms with Gasteiger partial charge in [0, 0.05) is 17.6 Å². The van der Waals surface area contributed by atoms with Gasteiger partial charge in [-0.05, 0) is 64.7 Å². The van der Waals surface area contributed by atoms with Crippen LogP contribution in [0.1, 0.15) is 52.5 Å². The van der Waals surface area contributed by atoms with Crippen molar-refractivity contribution in [1.82, 2.24) is 4.90 Å². The Bertz CT molecular complexity index is 403. The predicted molar refractivity (Wildman–Crippen MR) is 80.5 cm³/mol. The molecule has 19 heavy (non-hydrogen) atoms. The summed E-state index contributed by atoms with van der Waals surface area (Å²) in [6, 6.07) is 8.47. The number of piperidine rings is 1. The first-order valence-electron chi connectivity index (χ1n) is 7.26. The van der Waals surface area contributed by atoms with Crippen LogP contribution in [0.15, 0.2) is 24.3 Å². The fourth-order valence-electron chi connectivity index (χ4n) is 3.38. The van der Waals surface area contributed by atoms with Gasteiger partial charge in [-0.2, -0.15) is 0 Å². The van der Waals surface area contributed by atoms with Gasteiger partial charge in [-0.15, -0.1) is 0 Å². The standard InChI is InChI=1S/C17H27NO/c1-16(2)11-6-12-17(3,4)18(16)13-14-7-9-15(19-5)10-8-14/h7-10H,6,11-13H2,1-5H3. The average molecular weight is 261 g/mol. The Morgan fingerprint density at radius 1 is 1.00 bits per heavy atom. The van der Waals surface area contributed by atoms with Crippen molar-refractivity contribution < 1.29 is 4.74 Å². The first-order chi connectivity index (χ1) is 8.85. The highest BCUT2D eigenvalue weighted by atomic mass is 16.5. The molecule has 106 valence electrons. The van der Waals surface area contributed by atoms with Crippen molar-refractivity contribution in [2.45, 2.75) is 64.6 Å². The van der Waals surface area contributed by atoms with Crippen LogP contribution in [0, 0.1) is 0 Å². The third-order valence-corrected chi connectivity index (χ3v) is 4.54. The summed E-state index contributed by atoms with van der Waals surface area (Å²) in [5.41, 5.74) is 1.92. The van der Waals surface area contributed by atoms with Gasteiger partial charge in [-0.25, -0.2) is 0 Å². The number of methoxy groups -OCH3 is 1. The monoisotopic (exact) mass is 261 g/mol. The lowest BCUT2D eigenvalue weighted by Gasteiger charge is -2.53. The summed E-state index contributed by atoms with van der Waals surface area (Å²) in [5, 5.41) is 0. The van der Waals surface area contributed by atoms with Gasteiger partial charge in [0.15, 0.2) is 0 Å². The van der Waals surface area contributed by atoms with E-state index in [2.05, 4.69) is 56.9 Å². The van der Waals surface area contributed by atoms with E-state index >= 15 is 0 Å². The van der Waals surface area contributed by atoms with Crippen molar-refractivity contribution in [2.24, 2.45) is 0 Å². The zero-order valence-electron chi connectivity index (χ0n) is 13.0. The Kier molecular flexibility index (Phi) is 3.91. The number of benzene rings is 1. The summed E-state index contributed by atoms with van der Waals surface area (Å²) >= 11 is 0. The summed E-state index contributed by atoms with van der Waals surface area (Å²) in [5.74, 6) is 0.931. The van der Waals surface area contributed by atoms with E-state index in [1.165, 1.54) is 24.8 Å². The number of hydrogen-bond acceptors (Lipinski definition) is 2. The molecule has 1 heterocycles. The minimum Gasteiger partial charge on any atom is -0.497 e. The molecular formula is C17H27NO. The molecule has 0 aliphatic carbocycles. The summed E-state index contributed by atoms with van der Waals surface area (Å²) in [7, 11) is 1.71. The maximum Gasteiger partial charge on any atom is 0.118 e. The summed E-state index contributed by atoms with van der Waals surface area (Å²) in [6.45, 7) is 10.5. The number of likely N-dealkylation sites (tertiary alicyclic amines) is 1. The molecule has 1 aromatic carbocycles. The Balaban J connectivity index is 2.18. The zero-order chi connectivity index (χ0) is 14.1. The third kappa shape index (κ3) is 3.11. The van der Waals surface area contributed by atoms with Crippen molar-refractivity contribution in [3.63, 3.8) is 0 Å². The van der Waals surface area contributed by atoms with Crippen LogP contribution in [-0.2, 0) is 6.54 Å². The molecule has 2 rings (SSSR count). The molecule has 2 heteroatoms. The highest BCUT2D eigenvalue weighted by Crippen LogP contribution is 2.39. The van der Waals surface area contributed by atoms with Gasteiger partial charge in [0.1, 0.15) is 5.75 Å². The lowest BCUT2D eigenvalue weighted by Crippen LogP contribution is -2.57. The van der Waals surface area contributed by atoms with Crippen LogP contribution in [0.3, 0.4) is 0 Å². The third-order valence-electron chi connectivity index (χ3n) is 4.54. The van der Waals surface area contributed by atoms with Crippen LogP contribution in [0.25, 0.3) is 0 Å². The average Bonchev–Trinajstić information content (AvgIpc) is 2.34. The number of nitrogens with zero attached hydrogens (tertiary/aromatic N) is 1. The van der Waals surface area contributed by atoms with Gasteiger partial charge in [0.25, 0.3) is 0 Å². The van der Waals surface area contributed by atoms with E-state index in [0.29, 0.717) is 0 Å². The number of hydrogen-bond donors (Lipinski definition) is 0. The van der Waals surface area contributed by atoms with E-state index < -0.39 is 0 Å². The molecule has 0 saturated carbocycles.